The van der Waals surface area contributed by atoms with E-state index < -0.39 is 5.60 Å². The Labute approximate surface area is 94.9 Å². The van der Waals surface area contributed by atoms with E-state index in [2.05, 4.69) is 31.1 Å². The van der Waals surface area contributed by atoms with Gasteiger partial charge in [0.2, 0.25) is 0 Å². The van der Waals surface area contributed by atoms with Crippen LogP contribution in [0.2, 0.25) is 0 Å². The van der Waals surface area contributed by atoms with Crippen molar-refractivity contribution in [1.82, 2.24) is 10.2 Å². The maximum absolute atomic E-state index is 10.0. The molecular formula is C12H28N2O. The normalized spacial score (nSPS) is 12.8. The first-order chi connectivity index (χ1) is 6.95. The smallest absolute Gasteiger partial charge is 0.0766 e. The lowest BCUT2D eigenvalue weighted by molar-refractivity contribution is 0.0322. The number of rotatable bonds is 8. The van der Waals surface area contributed by atoms with E-state index in [1.807, 2.05) is 13.8 Å². The van der Waals surface area contributed by atoms with Crippen LogP contribution in [0.3, 0.4) is 0 Å². The van der Waals surface area contributed by atoms with Gasteiger partial charge in [-0.05, 0) is 33.7 Å². The summed E-state index contributed by atoms with van der Waals surface area (Å²) < 4.78 is 0. The molecule has 0 aliphatic rings. The lowest BCUT2D eigenvalue weighted by Gasteiger charge is -2.27. The number of hydrogen-bond donors (Lipinski definition) is 2. The Bertz CT molecular complexity index is 156. The average Bonchev–Trinajstić information content (AvgIpc) is 2.23. The largest absolute Gasteiger partial charge is 0.389 e. The van der Waals surface area contributed by atoms with E-state index in [0.29, 0.717) is 12.6 Å². The molecule has 0 aromatic heterocycles. The third-order valence-electron chi connectivity index (χ3n) is 3.29. The van der Waals surface area contributed by atoms with Gasteiger partial charge in [-0.1, -0.05) is 13.8 Å². The van der Waals surface area contributed by atoms with Gasteiger partial charge in [0.05, 0.1) is 5.60 Å². The second-order valence-corrected chi connectivity index (χ2v) is 4.68. The summed E-state index contributed by atoms with van der Waals surface area (Å²) in [4.78, 5) is 2.30. The Balaban J connectivity index is 3.62. The summed E-state index contributed by atoms with van der Waals surface area (Å²) in [5, 5.41) is 13.3. The first-order valence-corrected chi connectivity index (χ1v) is 6.08. The predicted molar refractivity (Wildman–Crippen MR) is 66.2 cm³/mol. The molecule has 0 amide bonds. The second kappa shape index (κ2) is 7.20. The first-order valence-electron chi connectivity index (χ1n) is 6.08. The lowest BCUT2D eigenvalue weighted by Crippen LogP contribution is -2.42. The van der Waals surface area contributed by atoms with Gasteiger partial charge in [0, 0.05) is 25.7 Å². The van der Waals surface area contributed by atoms with Crippen molar-refractivity contribution < 1.29 is 5.11 Å². The summed E-state index contributed by atoms with van der Waals surface area (Å²) in [7, 11) is 2.12. The van der Waals surface area contributed by atoms with Crippen molar-refractivity contribution in [1.29, 1.82) is 0 Å². The third kappa shape index (κ3) is 6.13. The fourth-order valence-electron chi connectivity index (χ4n) is 1.33. The standard InChI is InChI=1S/C12H28N2O/c1-6-12(15,7-2)10-13-8-9-14(5)11(3)4/h11,13,15H,6-10H2,1-5H3. The summed E-state index contributed by atoms with van der Waals surface area (Å²) in [6, 6.07) is 0.586. The van der Waals surface area contributed by atoms with Crippen LogP contribution in [0.5, 0.6) is 0 Å². The van der Waals surface area contributed by atoms with Gasteiger partial charge < -0.3 is 15.3 Å². The Morgan fingerprint density at radius 3 is 2.20 bits per heavy atom. The highest BCUT2D eigenvalue weighted by atomic mass is 16.3. The van der Waals surface area contributed by atoms with Gasteiger partial charge in [0.15, 0.2) is 0 Å². The molecule has 0 rings (SSSR count). The Kier molecular flexibility index (Phi) is 7.14. The summed E-state index contributed by atoms with van der Waals surface area (Å²) >= 11 is 0. The van der Waals surface area contributed by atoms with E-state index in [9.17, 15) is 5.11 Å². The molecule has 0 heterocycles. The molecule has 0 atom stereocenters. The zero-order chi connectivity index (χ0) is 11.9. The molecule has 0 aliphatic carbocycles. The maximum atomic E-state index is 10.0. The minimum atomic E-state index is -0.517. The Hall–Kier alpha value is -0.120. The van der Waals surface area contributed by atoms with Crippen molar-refractivity contribution in [2.45, 2.75) is 52.2 Å². The molecule has 3 heteroatoms. The lowest BCUT2D eigenvalue weighted by atomic mass is 9.98. The highest BCUT2D eigenvalue weighted by Crippen LogP contribution is 2.12. The van der Waals surface area contributed by atoms with Gasteiger partial charge in [-0.15, -0.1) is 0 Å². The molecular weight excluding hydrogens is 188 g/mol. The summed E-state index contributed by atoms with van der Waals surface area (Å²) in [6.07, 6.45) is 1.63. The summed E-state index contributed by atoms with van der Waals surface area (Å²) in [5.41, 5.74) is -0.517. The third-order valence-corrected chi connectivity index (χ3v) is 3.29. The molecule has 3 nitrogen and oxygen atoms in total. The molecule has 0 spiro atoms. The molecule has 0 bridgehead atoms. The molecule has 0 saturated carbocycles. The highest BCUT2D eigenvalue weighted by Gasteiger charge is 2.20. The molecule has 92 valence electrons. The molecule has 0 unspecified atom stereocenters. The monoisotopic (exact) mass is 216 g/mol. The van der Waals surface area contributed by atoms with Crippen molar-refractivity contribution in [3.8, 4) is 0 Å². The van der Waals surface area contributed by atoms with Gasteiger partial charge in [0.1, 0.15) is 0 Å². The first kappa shape index (κ1) is 14.9. The maximum Gasteiger partial charge on any atom is 0.0766 e. The zero-order valence-corrected chi connectivity index (χ0v) is 11.0. The average molecular weight is 216 g/mol. The van der Waals surface area contributed by atoms with Crippen molar-refractivity contribution in [3.63, 3.8) is 0 Å². The Morgan fingerprint density at radius 2 is 1.80 bits per heavy atom. The minimum absolute atomic E-state index is 0.517. The van der Waals surface area contributed by atoms with Crippen molar-refractivity contribution in [2.75, 3.05) is 26.7 Å². The van der Waals surface area contributed by atoms with E-state index in [-0.39, 0.29) is 0 Å². The van der Waals surface area contributed by atoms with E-state index in [0.717, 1.165) is 25.9 Å². The van der Waals surface area contributed by atoms with E-state index in [1.165, 1.54) is 0 Å². The number of likely N-dealkylation sites (N-methyl/N-ethyl adjacent to an activating group) is 1. The summed E-state index contributed by atoms with van der Waals surface area (Å²) in [6.45, 7) is 11.1. The number of nitrogens with zero attached hydrogens (tertiary/aromatic N) is 1. The molecule has 15 heavy (non-hydrogen) atoms. The molecule has 2 N–H and O–H groups in total. The number of hydrogen-bond acceptors (Lipinski definition) is 3. The topological polar surface area (TPSA) is 35.5 Å². The summed E-state index contributed by atoms with van der Waals surface area (Å²) in [5.74, 6) is 0. The fraction of sp³-hybridized carbons (Fsp3) is 1.00. The Morgan fingerprint density at radius 1 is 1.27 bits per heavy atom. The predicted octanol–water partition coefficient (Wildman–Crippen LogP) is 1.47. The van der Waals surface area contributed by atoms with Crippen LogP contribution in [0.15, 0.2) is 0 Å². The van der Waals surface area contributed by atoms with Gasteiger partial charge in [0.25, 0.3) is 0 Å². The van der Waals surface area contributed by atoms with Crippen LogP contribution in [0, 0.1) is 0 Å². The SMILES string of the molecule is CCC(O)(CC)CNCCN(C)C(C)C. The second-order valence-electron chi connectivity index (χ2n) is 4.68. The van der Waals surface area contributed by atoms with Crippen LogP contribution < -0.4 is 5.32 Å². The van der Waals surface area contributed by atoms with E-state index in [4.69, 9.17) is 0 Å². The van der Waals surface area contributed by atoms with Gasteiger partial charge >= 0.3 is 0 Å². The molecule has 0 aromatic carbocycles. The number of aliphatic hydroxyl groups is 1. The quantitative estimate of drug-likeness (QED) is 0.603. The van der Waals surface area contributed by atoms with Crippen LogP contribution in [-0.4, -0.2) is 48.3 Å². The van der Waals surface area contributed by atoms with E-state index in [1.54, 1.807) is 0 Å². The van der Waals surface area contributed by atoms with Crippen LogP contribution >= 0.6 is 0 Å². The molecule has 0 saturated heterocycles. The van der Waals surface area contributed by atoms with Gasteiger partial charge in [-0.2, -0.15) is 0 Å². The van der Waals surface area contributed by atoms with Crippen molar-refractivity contribution in [2.24, 2.45) is 0 Å². The zero-order valence-electron chi connectivity index (χ0n) is 11.0. The fourth-order valence-corrected chi connectivity index (χ4v) is 1.33. The van der Waals surface area contributed by atoms with Crippen molar-refractivity contribution >= 4 is 0 Å². The molecule has 0 fully saturated rings. The van der Waals surface area contributed by atoms with Crippen LogP contribution in [0.25, 0.3) is 0 Å². The van der Waals surface area contributed by atoms with Crippen LogP contribution in [0.4, 0.5) is 0 Å². The highest BCUT2D eigenvalue weighted by molar-refractivity contribution is 4.77. The van der Waals surface area contributed by atoms with Crippen LogP contribution in [0.1, 0.15) is 40.5 Å². The van der Waals surface area contributed by atoms with Crippen LogP contribution in [-0.2, 0) is 0 Å². The minimum Gasteiger partial charge on any atom is -0.389 e. The number of nitrogens with one attached hydrogen (secondary N) is 1. The molecule has 0 aliphatic heterocycles. The molecule has 0 radical (unpaired) electrons. The van der Waals surface area contributed by atoms with E-state index >= 15 is 0 Å². The van der Waals surface area contributed by atoms with Crippen molar-refractivity contribution in [3.05, 3.63) is 0 Å². The molecule has 0 aromatic rings. The van der Waals surface area contributed by atoms with Gasteiger partial charge in [-0.3, -0.25) is 0 Å². The van der Waals surface area contributed by atoms with Gasteiger partial charge in [-0.25, -0.2) is 0 Å².